The van der Waals surface area contributed by atoms with Crippen molar-refractivity contribution in [3.8, 4) is 12.1 Å². The molecule has 0 aliphatic carbocycles. The van der Waals surface area contributed by atoms with Crippen molar-refractivity contribution in [1.82, 2.24) is 10.6 Å². The first-order chi connectivity index (χ1) is 9.32. The molecule has 1 unspecified atom stereocenters. The zero-order valence-corrected chi connectivity index (χ0v) is 11.6. The molecule has 20 heavy (non-hydrogen) atoms. The van der Waals surface area contributed by atoms with Crippen LogP contribution in [0.1, 0.15) is 6.42 Å². The van der Waals surface area contributed by atoms with Gasteiger partial charge in [0, 0.05) is 19.3 Å². The van der Waals surface area contributed by atoms with E-state index in [0.29, 0.717) is 0 Å². The van der Waals surface area contributed by atoms with Gasteiger partial charge in [-0.1, -0.05) is 0 Å². The molecule has 0 fully saturated rings. The molecule has 0 spiro atoms. The van der Waals surface area contributed by atoms with E-state index in [2.05, 4.69) is 15.4 Å². The van der Waals surface area contributed by atoms with Gasteiger partial charge in [-0.05, 0) is 0 Å². The molecule has 0 aromatic carbocycles. The van der Waals surface area contributed by atoms with Gasteiger partial charge in [0.1, 0.15) is 6.07 Å². The highest BCUT2D eigenvalue weighted by Crippen LogP contribution is 1.99. The summed E-state index contributed by atoms with van der Waals surface area (Å²) in [6, 6.07) is 3.35. The molecule has 2 N–H and O–H groups in total. The first-order valence-corrected chi connectivity index (χ1v) is 7.39. The number of alkyl carbamates (subject to hydrolysis) is 1. The van der Waals surface area contributed by atoms with Crippen LogP contribution in [0.25, 0.3) is 0 Å². The summed E-state index contributed by atoms with van der Waals surface area (Å²) >= 11 is 0. The van der Waals surface area contributed by atoms with Gasteiger partial charge in [0.25, 0.3) is 0 Å². The number of nitriles is 2. The number of carbonyl (C=O) groups is 2. The van der Waals surface area contributed by atoms with E-state index in [1.54, 1.807) is 12.1 Å². The molecule has 110 valence electrons. The number of nitrogens with one attached hydrogen (secondary N) is 2. The number of rotatable bonds is 7. The second kappa shape index (κ2) is 8.72. The molecule has 0 aromatic heterocycles. The minimum absolute atomic E-state index is 0.0141. The standard InChI is InChI=1S/C10H14N4O5S/c1-20(17,18)8(9(15)13-5-2-3-11)7-14-10(16)19-6-4-12/h8H,2,5-7H2,1H3,(H,13,15)(H,14,16). The average Bonchev–Trinajstić information content (AvgIpc) is 2.35. The minimum atomic E-state index is -3.75. The fraction of sp³-hybridized carbons (Fsp3) is 0.600. The fourth-order valence-corrected chi connectivity index (χ4v) is 1.98. The number of amides is 2. The van der Waals surface area contributed by atoms with Crippen LogP contribution in [0, 0.1) is 22.7 Å². The third-order valence-electron chi connectivity index (χ3n) is 2.04. The largest absolute Gasteiger partial charge is 0.434 e. The zero-order chi connectivity index (χ0) is 15.6. The van der Waals surface area contributed by atoms with Gasteiger partial charge in [-0.3, -0.25) is 4.79 Å². The Hall–Kier alpha value is -2.33. The number of carbonyl (C=O) groups excluding carboxylic acids is 2. The van der Waals surface area contributed by atoms with E-state index in [1.165, 1.54) is 0 Å². The molecular weight excluding hydrogens is 288 g/mol. The highest BCUT2D eigenvalue weighted by Gasteiger charge is 2.29. The smallest absolute Gasteiger partial charge is 0.408 e. The average molecular weight is 302 g/mol. The summed E-state index contributed by atoms with van der Waals surface area (Å²) in [5.74, 6) is -0.816. The minimum Gasteiger partial charge on any atom is -0.434 e. The van der Waals surface area contributed by atoms with E-state index < -0.39 is 40.2 Å². The van der Waals surface area contributed by atoms with Gasteiger partial charge >= 0.3 is 6.09 Å². The van der Waals surface area contributed by atoms with Gasteiger partial charge in [0.15, 0.2) is 21.7 Å². The summed E-state index contributed by atoms with van der Waals surface area (Å²) in [6.07, 6.45) is -0.103. The molecule has 0 bridgehead atoms. The fourth-order valence-electron chi connectivity index (χ4n) is 1.12. The van der Waals surface area contributed by atoms with Crippen molar-refractivity contribution in [1.29, 1.82) is 10.5 Å². The van der Waals surface area contributed by atoms with Crippen LogP contribution in [0.3, 0.4) is 0 Å². The van der Waals surface area contributed by atoms with Crippen molar-refractivity contribution in [2.24, 2.45) is 0 Å². The summed E-state index contributed by atoms with van der Waals surface area (Å²) in [5, 5.41) is 19.4. The van der Waals surface area contributed by atoms with E-state index >= 15 is 0 Å². The molecule has 0 aliphatic rings. The maximum Gasteiger partial charge on any atom is 0.408 e. The van der Waals surface area contributed by atoms with Crippen LogP contribution >= 0.6 is 0 Å². The lowest BCUT2D eigenvalue weighted by atomic mass is 10.3. The van der Waals surface area contributed by atoms with Crippen LogP contribution in [0.15, 0.2) is 0 Å². The molecule has 0 saturated heterocycles. The summed E-state index contributed by atoms with van der Waals surface area (Å²) in [6.45, 7) is -0.953. The van der Waals surface area contributed by atoms with Gasteiger partial charge in [0.2, 0.25) is 5.91 Å². The van der Waals surface area contributed by atoms with Gasteiger partial charge in [-0.2, -0.15) is 10.5 Å². The van der Waals surface area contributed by atoms with Crippen molar-refractivity contribution < 1.29 is 22.7 Å². The van der Waals surface area contributed by atoms with Crippen LogP contribution < -0.4 is 10.6 Å². The third kappa shape index (κ3) is 7.18. The Morgan fingerprint density at radius 1 is 1.25 bits per heavy atom. The second-order valence-corrected chi connectivity index (χ2v) is 5.86. The van der Waals surface area contributed by atoms with Gasteiger partial charge in [-0.25, -0.2) is 13.2 Å². The molecule has 1 atom stereocenters. The Balaban J connectivity index is 4.53. The van der Waals surface area contributed by atoms with Gasteiger partial charge in [-0.15, -0.1) is 0 Å². The first kappa shape index (κ1) is 17.7. The lowest BCUT2D eigenvalue weighted by Gasteiger charge is -2.15. The van der Waals surface area contributed by atoms with Crippen LogP contribution in [0.2, 0.25) is 0 Å². The van der Waals surface area contributed by atoms with Crippen molar-refractivity contribution in [2.45, 2.75) is 11.7 Å². The Kier molecular flexibility index (Phi) is 7.70. The molecule has 0 aromatic rings. The molecule has 10 heteroatoms. The highest BCUT2D eigenvalue weighted by molar-refractivity contribution is 7.92. The maximum atomic E-state index is 11.6. The number of hydrogen-bond donors (Lipinski definition) is 2. The predicted molar refractivity (Wildman–Crippen MR) is 66.8 cm³/mol. The second-order valence-electron chi connectivity index (χ2n) is 3.63. The van der Waals surface area contributed by atoms with E-state index in [4.69, 9.17) is 10.5 Å². The molecule has 0 radical (unpaired) electrons. The molecule has 0 heterocycles. The Labute approximate surface area is 116 Å². The molecule has 0 saturated carbocycles. The van der Waals surface area contributed by atoms with E-state index in [0.717, 1.165) is 6.26 Å². The highest BCUT2D eigenvalue weighted by atomic mass is 32.2. The third-order valence-corrected chi connectivity index (χ3v) is 3.46. The summed E-state index contributed by atoms with van der Waals surface area (Å²) < 4.78 is 27.3. The topological polar surface area (TPSA) is 149 Å². The SMILES string of the molecule is CS(=O)(=O)C(CNC(=O)OCC#N)C(=O)NCCC#N. The normalized spacial score (nSPS) is 11.6. The molecule has 2 amide bonds. The molecule has 0 aliphatic heterocycles. The van der Waals surface area contributed by atoms with E-state index in [9.17, 15) is 18.0 Å². The number of ether oxygens (including phenoxy) is 1. The molecular formula is C10H14N4O5S. The van der Waals surface area contributed by atoms with Crippen LogP contribution in [-0.2, 0) is 19.4 Å². The Morgan fingerprint density at radius 2 is 1.90 bits per heavy atom. The van der Waals surface area contributed by atoms with Gasteiger partial charge < -0.3 is 15.4 Å². The maximum absolute atomic E-state index is 11.6. The lowest BCUT2D eigenvalue weighted by Crippen LogP contribution is -2.47. The lowest BCUT2D eigenvalue weighted by molar-refractivity contribution is -0.120. The van der Waals surface area contributed by atoms with Crippen molar-refractivity contribution in [3.63, 3.8) is 0 Å². The number of nitrogens with zero attached hydrogens (tertiary/aromatic N) is 2. The van der Waals surface area contributed by atoms with E-state index in [1.807, 2.05) is 0 Å². The number of hydrogen-bond acceptors (Lipinski definition) is 7. The Morgan fingerprint density at radius 3 is 2.40 bits per heavy atom. The first-order valence-electron chi connectivity index (χ1n) is 5.44. The van der Waals surface area contributed by atoms with Gasteiger partial charge in [0.05, 0.1) is 12.5 Å². The predicted octanol–water partition coefficient (Wildman–Crippen LogP) is -1.32. The van der Waals surface area contributed by atoms with E-state index in [-0.39, 0.29) is 13.0 Å². The van der Waals surface area contributed by atoms with Crippen LogP contribution in [0.5, 0.6) is 0 Å². The molecule has 9 nitrogen and oxygen atoms in total. The zero-order valence-electron chi connectivity index (χ0n) is 10.7. The van der Waals surface area contributed by atoms with Crippen molar-refractivity contribution in [2.75, 3.05) is 26.0 Å². The summed E-state index contributed by atoms with van der Waals surface area (Å²) in [5.41, 5.74) is 0. The number of sulfone groups is 1. The monoisotopic (exact) mass is 302 g/mol. The summed E-state index contributed by atoms with van der Waals surface area (Å²) in [7, 11) is -3.75. The van der Waals surface area contributed by atoms with Crippen LogP contribution in [-0.4, -0.2) is 51.6 Å². The summed E-state index contributed by atoms with van der Waals surface area (Å²) in [4.78, 5) is 22.7. The Bertz CT molecular complexity index is 531. The van der Waals surface area contributed by atoms with Crippen molar-refractivity contribution in [3.05, 3.63) is 0 Å². The van der Waals surface area contributed by atoms with Crippen LogP contribution in [0.4, 0.5) is 4.79 Å². The molecule has 0 rings (SSSR count). The van der Waals surface area contributed by atoms with Crippen molar-refractivity contribution >= 4 is 21.8 Å². The quantitative estimate of drug-likeness (QED) is 0.554.